The van der Waals surface area contributed by atoms with E-state index in [2.05, 4.69) is 27.7 Å². The van der Waals surface area contributed by atoms with Crippen molar-refractivity contribution in [1.82, 2.24) is 14.7 Å². The van der Waals surface area contributed by atoms with E-state index in [1.807, 2.05) is 19.0 Å². The van der Waals surface area contributed by atoms with Gasteiger partial charge in [0.15, 0.2) is 0 Å². The largest absolute Gasteiger partial charge is 0.465 e. The number of nitrogens with zero attached hydrogens (tertiary/aromatic N) is 3. The van der Waals surface area contributed by atoms with Crippen LogP contribution in [-0.2, 0) is 57.2 Å². The lowest BCUT2D eigenvalue weighted by Crippen LogP contribution is -2.46. The Morgan fingerprint density at radius 2 is 0.579 bits per heavy atom. The minimum Gasteiger partial charge on any atom is -0.465 e. The first-order chi connectivity index (χ1) is 36.8. The molecule has 0 fully saturated rings. The molecule has 0 rings (SSSR count). The van der Waals surface area contributed by atoms with Gasteiger partial charge in [-0.3, -0.25) is 28.8 Å². The van der Waals surface area contributed by atoms with Crippen LogP contribution in [-0.4, -0.2) is 144 Å². The predicted molar refractivity (Wildman–Crippen MR) is 301 cm³/mol. The van der Waals surface area contributed by atoms with Crippen molar-refractivity contribution in [2.45, 2.75) is 246 Å². The van der Waals surface area contributed by atoms with Crippen molar-refractivity contribution in [2.24, 2.45) is 11.8 Å². The van der Waals surface area contributed by atoms with E-state index in [-0.39, 0.29) is 121 Å². The first-order valence-corrected chi connectivity index (χ1v) is 30.3. The van der Waals surface area contributed by atoms with Crippen molar-refractivity contribution in [1.29, 1.82) is 0 Å². The number of unbranched alkanes of at least 4 members (excludes halogenated alkanes) is 24. The summed E-state index contributed by atoms with van der Waals surface area (Å²) in [4.78, 5) is 96.1. The number of carbonyl (C=O) groups is 7. The third kappa shape index (κ3) is 46.2. The minimum absolute atomic E-state index is 0.00797. The number of likely N-dealkylation sites (N-methyl/N-ethyl adjacent to an activating group) is 2. The number of rotatable bonds is 53. The van der Waals surface area contributed by atoms with E-state index in [0.717, 1.165) is 103 Å². The molecule has 0 unspecified atom stereocenters. The Bertz CT molecular complexity index is 1320. The summed E-state index contributed by atoms with van der Waals surface area (Å²) in [7, 11) is 5.47. The van der Waals surface area contributed by atoms with Crippen molar-refractivity contribution in [3.63, 3.8) is 0 Å². The highest BCUT2D eigenvalue weighted by Crippen LogP contribution is 2.16. The van der Waals surface area contributed by atoms with Crippen LogP contribution in [0.25, 0.3) is 0 Å². The molecule has 0 atom stereocenters. The fourth-order valence-corrected chi connectivity index (χ4v) is 8.49. The van der Waals surface area contributed by atoms with Gasteiger partial charge in [-0.15, -0.1) is 0 Å². The monoisotopic (exact) mass is 1080 g/mol. The summed E-state index contributed by atoms with van der Waals surface area (Å²) in [6.07, 6.45) is 30.5. The average Bonchev–Trinajstić information content (AvgIpc) is 3.39. The Balaban J connectivity index is 5.64. The standard InChI is InChI=1S/C60H111N3O13/c1-8-12-16-20-24-28-32-36-54(64)73-48-52(49-74-55(65)37-33-29-25-21-17-13-9-2)46-58(68)71-44-42-63(60(70)62(7)41-40-61(5)6)43-45-72-59(69)47-53(50-75-56(66)38-34-30-26-22-18-14-10-3)51-76-57(67)39-35-31-27-23-19-15-11-4/h52-53H,8-51H2,1-7H3. The zero-order valence-corrected chi connectivity index (χ0v) is 49.4. The predicted octanol–water partition coefficient (Wildman–Crippen LogP) is 12.7. The van der Waals surface area contributed by atoms with Crippen LogP contribution in [0.5, 0.6) is 0 Å². The lowest BCUT2D eigenvalue weighted by atomic mass is 10.1. The van der Waals surface area contributed by atoms with Crippen molar-refractivity contribution >= 4 is 41.8 Å². The zero-order chi connectivity index (χ0) is 56.3. The number of hydrogen-bond donors (Lipinski definition) is 0. The van der Waals surface area contributed by atoms with E-state index in [0.29, 0.717) is 13.1 Å². The quantitative estimate of drug-likeness (QED) is 0.0318. The van der Waals surface area contributed by atoms with Crippen LogP contribution in [0, 0.1) is 11.8 Å². The Hall–Kier alpha value is -3.95. The van der Waals surface area contributed by atoms with Crippen molar-refractivity contribution in [3.8, 4) is 0 Å². The van der Waals surface area contributed by atoms with Gasteiger partial charge in [-0.05, 0) is 39.8 Å². The minimum atomic E-state index is -0.621. The van der Waals surface area contributed by atoms with Crippen molar-refractivity contribution < 1.29 is 62.0 Å². The summed E-state index contributed by atoms with van der Waals surface area (Å²) in [5.41, 5.74) is 0. The molecule has 16 heteroatoms. The van der Waals surface area contributed by atoms with Gasteiger partial charge in [-0.2, -0.15) is 0 Å². The van der Waals surface area contributed by atoms with Crippen LogP contribution in [0.3, 0.4) is 0 Å². The highest BCUT2D eigenvalue weighted by Gasteiger charge is 2.24. The Labute approximate surface area is 461 Å². The molecule has 0 aliphatic carbocycles. The highest BCUT2D eigenvalue weighted by molar-refractivity contribution is 5.75. The molecule has 76 heavy (non-hydrogen) atoms. The third-order valence-corrected chi connectivity index (χ3v) is 13.5. The lowest BCUT2D eigenvalue weighted by Gasteiger charge is -2.29. The Morgan fingerprint density at radius 1 is 0.316 bits per heavy atom. The van der Waals surface area contributed by atoms with Gasteiger partial charge in [0.1, 0.15) is 13.2 Å². The van der Waals surface area contributed by atoms with Crippen LogP contribution in [0.2, 0.25) is 0 Å². The molecule has 0 aliphatic rings. The van der Waals surface area contributed by atoms with Crippen LogP contribution < -0.4 is 0 Å². The molecule has 0 N–H and O–H groups in total. The summed E-state index contributed by atoms with van der Waals surface area (Å²) >= 11 is 0. The molecule has 0 aliphatic heterocycles. The molecule has 16 nitrogen and oxygen atoms in total. The van der Waals surface area contributed by atoms with Crippen LogP contribution in [0.15, 0.2) is 0 Å². The summed E-state index contributed by atoms with van der Waals surface area (Å²) in [6.45, 7) is 8.95. The molecule has 0 radical (unpaired) electrons. The topological polar surface area (TPSA) is 185 Å². The summed E-state index contributed by atoms with van der Waals surface area (Å²) in [5, 5.41) is 0. The second kappa shape index (κ2) is 51.8. The molecule has 0 saturated heterocycles. The molecule has 0 aromatic rings. The number of carbonyl (C=O) groups excluding carboxylic acids is 7. The van der Waals surface area contributed by atoms with Gasteiger partial charge in [0.05, 0.1) is 52.4 Å². The molecule has 0 bridgehead atoms. The Kier molecular flexibility index (Phi) is 49.1. The molecule has 0 heterocycles. The van der Waals surface area contributed by atoms with E-state index < -0.39 is 23.8 Å². The molecule has 2 amide bonds. The number of esters is 6. The van der Waals surface area contributed by atoms with E-state index in [4.69, 9.17) is 28.4 Å². The molecule has 0 aromatic heterocycles. The van der Waals surface area contributed by atoms with Crippen molar-refractivity contribution in [3.05, 3.63) is 0 Å². The number of ether oxygens (including phenoxy) is 6. The average molecular weight is 1080 g/mol. The molecule has 444 valence electrons. The molecule has 0 aromatic carbocycles. The fraction of sp³-hybridized carbons (Fsp3) is 0.883. The van der Waals surface area contributed by atoms with Crippen LogP contribution in [0.1, 0.15) is 246 Å². The van der Waals surface area contributed by atoms with Crippen LogP contribution in [0.4, 0.5) is 4.79 Å². The number of hydrogen-bond acceptors (Lipinski definition) is 14. The van der Waals surface area contributed by atoms with Gasteiger partial charge in [0.25, 0.3) is 0 Å². The second-order valence-corrected chi connectivity index (χ2v) is 21.3. The van der Waals surface area contributed by atoms with Gasteiger partial charge in [-0.1, -0.05) is 182 Å². The van der Waals surface area contributed by atoms with Gasteiger partial charge < -0.3 is 43.1 Å². The summed E-state index contributed by atoms with van der Waals surface area (Å²) in [6, 6.07) is -0.355. The molecular formula is C60H111N3O13. The maximum atomic E-state index is 13.7. The summed E-state index contributed by atoms with van der Waals surface area (Å²) in [5.74, 6) is -3.89. The van der Waals surface area contributed by atoms with Gasteiger partial charge in [0, 0.05) is 57.7 Å². The third-order valence-electron chi connectivity index (χ3n) is 13.5. The number of urea groups is 1. The normalized spacial score (nSPS) is 11.2. The van der Waals surface area contributed by atoms with E-state index in [1.54, 1.807) is 11.9 Å². The first kappa shape index (κ1) is 72.0. The Morgan fingerprint density at radius 3 is 0.842 bits per heavy atom. The van der Waals surface area contributed by atoms with Gasteiger partial charge in [0.2, 0.25) is 0 Å². The maximum Gasteiger partial charge on any atom is 0.320 e. The SMILES string of the molecule is CCCCCCCCCC(=O)OCC(COC(=O)CCCCCCCCC)CC(=O)OCCN(CCOC(=O)CC(COC(=O)CCCCCCCCC)COC(=O)CCCCCCCCC)C(=O)N(C)CCN(C)C. The zero-order valence-electron chi connectivity index (χ0n) is 49.4. The summed E-state index contributed by atoms with van der Waals surface area (Å²) < 4.78 is 33.6. The van der Waals surface area contributed by atoms with Crippen LogP contribution >= 0.6 is 0 Å². The maximum absolute atomic E-state index is 13.7. The van der Waals surface area contributed by atoms with Gasteiger partial charge >= 0.3 is 41.8 Å². The van der Waals surface area contributed by atoms with Crippen molar-refractivity contribution in [2.75, 3.05) is 87.0 Å². The fourth-order valence-electron chi connectivity index (χ4n) is 8.49. The first-order valence-electron chi connectivity index (χ1n) is 30.3. The van der Waals surface area contributed by atoms with Gasteiger partial charge in [-0.25, -0.2) is 4.79 Å². The molecular weight excluding hydrogens is 971 g/mol. The highest BCUT2D eigenvalue weighted by atomic mass is 16.6. The number of amides is 2. The lowest BCUT2D eigenvalue weighted by molar-refractivity contribution is -0.155. The smallest absolute Gasteiger partial charge is 0.320 e. The second-order valence-electron chi connectivity index (χ2n) is 21.3. The molecule has 0 saturated carbocycles. The molecule has 0 spiro atoms. The van der Waals surface area contributed by atoms with E-state index in [1.165, 1.54) is 81.9 Å². The van der Waals surface area contributed by atoms with E-state index >= 15 is 0 Å². The van der Waals surface area contributed by atoms with E-state index in [9.17, 15) is 33.6 Å².